The van der Waals surface area contributed by atoms with E-state index < -0.39 is 5.97 Å². The summed E-state index contributed by atoms with van der Waals surface area (Å²) in [5.41, 5.74) is 3.85. The summed E-state index contributed by atoms with van der Waals surface area (Å²) in [6.45, 7) is 4.54. The van der Waals surface area contributed by atoms with Crippen molar-refractivity contribution < 1.29 is 9.53 Å². The second-order valence-electron chi connectivity index (χ2n) is 6.80. The lowest BCUT2D eigenvalue weighted by Gasteiger charge is -2.11. The van der Waals surface area contributed by atoms with Crippen LogP contribution in [-0.4, -0.2) is 36.7 Å². The fraction of sp³-hybridized carbons (Fsp3) is 0.238. The van der Waals surface area contributed by atoms with Crippen LogP contribution in [0.3, 0.4) is 0 Å². The van der Waals surface area contributed by atoms with Gasteiger partial charge in [0.2, 0.25) is 0 Å². The first-order chi connectivity index (χ1) is 14.5. The number of carbonyl (C=O) groups is 1. The van der Waals surface area contributed by atoms with Crippen LogP contribution in [-0.2, 0) is 18.3 Å². The molecule has 0 aliphatic heterocycles. The van der Waals surface area contributed by atoms with Crippen molar-refractivity contribution in [2.24, 2.45) is 7.05 Å². The molecule has 0 fully saturated rings. The molecule has 0 spiro atoms. The average molecular weight is 516 g/mol. The third-order valence-corrected chi connectivity index (χ3v) is 5.92. The van der Waals surface area contributed by atoms with E-state index in [9.17, 15) is 4.79 Å². The van der Waals surface area contributed by atoms with Gasteiger partial charge in [0.05, 0.1) is 15.9 Å². The van der Waals surface area contributed by atoms with Gasteiger partial charge in [-0.1, -0.05) is 18.2 Å². The van der Waals surface area contributed by atoms with E-state index in [0.717, 1.165) is 26.2 Å². The van der Waals surface area contributed by atoms with Crippen molar-refractivity contribution in [2.45, 2.75) is 20.4 Å². The second kappa shape index (κ2) is 8.42. The summed E-state index contributed by atoms with van der Waals surface area (Å²) in [7, 11) is 1.97. The Morgan fingerprint density at radius 2 is 2.13 bits per heavy atom. The Labute approximate surface area is 187 Å². The van der Waals surface area contributed by atoms with Crippen LogP contribution in [0.2, 0.25) is 0 Å². The number of esters is 1. The number of aromatic nitrogens is 5. The van der Waals surface area contributed by atoms with Crippen LogP contribution in [0.15, 0.2) is 42.7 Å². The minimum absolute atomic E-state index is 0.256. The lowest BCUT2D eigenvalue weighted by atomic mass is 10.1. The molecule has 9 heteroatoms. The SMILES string of the molecule is CCOC(=O)c1cc(NCc2cccc(-c3nccn3C)c2)n2nc(C)c(I)c2n1. The number of aryl methyl sites for hydroxylation is 2. The predicted octanol–water partition coefficient (Wildman–Crippen LogP) is 3.83. The number of anilines is 1. The quantitative estimate of drug-likeness (QED) is 0.310. The third-order valence-electron chi connectivity index (χ3n) is 4.66. The molecule has 4 rings (SSSR count). The number of ether oxygens (including phenoxy) is 1. The van der Waals surface area contributed by atoms with Gasteiger partial charge in [0.15, 0.2) is 11.3 Å². The van der Waals surface area contributed by atoms with E-state index >= 15 is 0 Å². The van der Waals surface area contributed by atoms with Crippen molar-refractivity contribution in [3.63, 3.8) is 0 Å². The second-order valence-corrected chi connectivity index (χ2v) is 7.88. The molecule has 154 valence electrons. The molecule has 0 saturated carbocycles. The predicted molar refractivity (Wildman–Crippen MR) is 122 cm³/mol. The van der Waals surface area contributed by atoms with Gasteiger partial charge in [0.25, 0.3) is 0 Å². The van der Waals surface area contributed by atoms with E-state index in [2.05, 4.69) is 49.0 Å². The van der Waals surface area contributed by atoms with Crippen molar-refractivity contribution in [1.82, 2.24) is 24.1 Å². The third kappa shape index (κ3) is 3.89. The maximum Gasteiger partial charge on any atom is 0.357 e. The molecule has 0 radical (unpaired) electrons. The van der Waals surface area contributed by atoms with Crippen LogP contribution in [0.4, 0.5) is 5.82 Å². The summed E-state index contributed by atoms with van der Waals surface area (Å²) in [5, 5.41) is 7.95. The van der Waals surface area contributed by atoms with Gasteiger partial charge in [0.1, 0.15) is 11.6 Å². The van der Waals surface area contributed by atoms with Crippen LogP contribution in [0.5, 0.6) is 0 Å². The molecular weight excluding hydrogens is 495 g/mol. The molecule has 0 aliphatic rings. The van der Waals surface area contributed by atoms with Crippen LogP contribution in [0, 0.1) is 10.5 Å². The Morgan fingerprint density at radius 1 is 1.30 bits per heavy atom. The van der Waals surface area contributed by atoms with E-state index in [-0.39, 0.29) is 5.69 Å². The zero-order chi connectivity index (χ0) is 21.3. The number of hydrogen-bond acceptors (Lipinski definition) is 6. The first-order valence-corrected chi connectivity index (χ1v) is 10.6. The summed E-state index contributed by atoms with van der Waals surface area (Å²) >= 11 is 2.19. The Hall–Kier alpha value is -2.95. The van der Waals surface area contributed by atoms with Gasteiger partial charge < -0.3 is 14.6 Å². The van der Waals surface area contributed by atoms with Crippen LogP contribution >= 0.6 is 22.6 Å². The first kappa shape index (κ1) is 20.3. The van der Waals surface area contributed by atoms with Crippen LogP contribution in [0.25, 0.3) is 17.0 Å². The minimum atomic E-state index is -0.450. The number of rotatable bonds is 6. The molecule has 1 N–H and O–H groups in total. The van der Waals surface area contributed by atoms with Gasteiger partial charge in [0, 0.05) is 37.6 Å². The highest BCUT2D eigenvalue weighted by Gasteiger charge is 2.17. The maximum atomic E-state index is 12.3. The van der Waals surface area contributed by atoms with Crippen molar-refractivity contribution in [2.75, 3.05) is 11.9 Å². The van der Waals surface area contributed by atoms with Crippen molar-refractivity contribution in [3.8, 4) is 11.4 Å². The molecule has 0 atom stereocenters. The Morgan fingerprint density at radius 3 is 2.87 bits per heavy atom. The summed E-state index contributed by atoms with van der Waals surface area (Å²) in [4.78, 5) is 21.2. The van der Waals surface area contributed by atoms with Gasteiger partial charge in [-0.15, -0.1) is 0 Å². The standard InChI is InChI=1S/C21H21IN6O2/c1-4-30-21(29)16-11-17(28-20(25-16)18(22)13(2)26-28)24-12-14-6-5-7-15(10-14)19-23-8-9-27(19)3/h5-11,24H,4,12H2,1-3H3. The van der Waals surface area contributed by atoms with Crippen LogP contribution < -0.4 is 5.32 Å². The fourth-order valence-corrected chi connectivity index (χ4v) is 3.65. The Balaban J connectivity index is 1.66. The van der Waals surface area contributed by atoms with Gasteiger partial charge in [-0.3, -0.25) is 0 Å². The fourth-order valence-electron chi connectivity index (χ4n) is 3.19. The van der Waals surface area contributed by atoms with Gasteiger partial charge in [-0.05, 0) is 48.1 Å². The number of benzene rings is 1. The number of halogens is 1. The van der Waals surface area contributed by atoms with Gasteiger partial charge in [-0.25, -0.2) is 14.8 Å². The topological polar surface area (TPSA) is 86.3 Å². The van der Waals surface area contributed by atoms with E-state index in [4.69, 9.17) is 4.74 Å². The molecular formula is C21H21IN6O2. The highest BCUT2D eigenvalue weighted by Crippen LogP contribution is 2.23. The zero-order valence-corrected chi connectivity index (χ0v) is 19.0. The summed E-state index contributed by atoms with van der Waals surface area (Å²) in [6.07, 6.45) is 3.71. The lowest BCUT2D eigenvalue weighted by Crippen LogP contribution is -2.12. The monoisotopic (exact) mass is 516 g/mol. The average Bonchev–Trinajstić information content (AvgIpc) is 3.30. The number of imidazole rings is 1. The van der Waals surface area contributed by atoms with E-state index in [1.165, 1.54) is 0 Å². The molecule has 0 amide bonds. The van der Waals surface area contributed by atoms with Crippen LogP contribution in [0.1, 0.15) is 28.7 Å². The largest absolute Gasteiger partial charge is 0.461 e. The lowest BCUT2D eigenvalue weighted by molar-refractivity contribution is 0.0519. The van der Waals surface area contributed by atoms with E-state index in [0.29, 0.717) is 24.6 Å². The molecule has 3 heterocycles. The van der Waals surface area contributed by atoms with Crippen molar-refractivity contribution >= 4 is 40.0 Å². The number of hydrogen-bond donors (Lipinski definition) is 1. The number of carbonyl (C=O) groups excluding carboxylic acids is 1. The number of nitrogens with one attached hydrogen (secondary N) is 1. The summed E-state index contributed by atoms with van der Waals surface area (Å²) in [6, 6.07) is 9.86. The summed E-state index contributed by atoms with van der Waals surface area (Å²) < 4.78 is 9.75. The Kier molecular flexibility index (Phi) is 5.71. The molecule has 3 aromatic heterocycles. The molecule has 0 saturated heterocycles. The van der Waals surface area contributed by atoms with E-state index in [1.807, 2.05) is 42.9 Å². The normalized spacial score (nSPS) is 11.1. The highest BCUT2D eigenvalue weighted by atomic mass is 127. The molecule has 0 unspecified atom stereocenters. The van der Waals surface area contributed by atoms with Gasteiger partial charge in [-0.2, -0.15) is 9.61 Å². The van der Waals surface area contributed by atoms with Crippen molar-refractivity contribution in [1.29, 1.82) is 0 Å². The molecule has 0 bridgehead atoms. The summed E-state index contributed by atoms with van der Waals surface area (Å²) in [5.74, 6) is 1.14. The number of fused-ring (bicyclic) bond motifs is 1. The molecule has 1 aromatic carbocycles. The van der Waals surface area contributed by atoms with E-state index in [1.54, 1.807) is 23.7 Å². The molecule has 4 aromatic rings. The molecule has 0 aliphatic carbocycles. The molecule has 8 nitrogen and oxygen atoms in total. The highest BCUT2D eigenvalue weighted by molar-refractivity contribution is 14.1. The maximum absolute atomic E-state index is 12.3. The number of nitrogens with zero attached hydrogens (tertiary/aromatic N) is 5. The minimum Gasteiger partial charge on any atom is -0.461 e. The van der Waals surface area contributed by atoms with Crippen molar-refractivity contribution in [3.05, 3.63) is 63.2 Å². The zero-order valence-electron chi connectivity index (χ0n) is 16.9. The first-order valence-electron chi connectivity index (χ1n) is 9.51. The van der Waals surface area contributed by atoms with Gasteiger partial charge >= 0.3 is 5.97 Å². The smallest absolute Gasteiger partial charge is 0.357 e. The molecule has 30 heavy (non-hydrogen) atoms. The Bertz CT molecular complexity index is 1230.